The zero-order valence-electron chi connectivity index (χ0n) is 9.39. The molecule has 17 heavy (non-hydrogen) atoms. The van der Waals surface area contributed by atoms with E-state index < -0.39 is 0 Å². The van der Waals surface area contributed by atoms with Gasteiger partial charge in [-0.3, -0.25) is 5.41 Å². The van der Waals surface area contributed by atoms with Crippen LogP contribution >= 0.6 is 0 Å². The van der Waals surface area contributed by atoms with Crippen LogP contribution in [0.4, 0.5) is 0 Å². The molecule has 2 rings (SSSR count). The maximum atomic E-state index is 8.99. The first-order chi connectivity index (χ1) is 8.31. The molecular formula is C12H14N4O. The van der Waals surface area contributed by atoms with Crippen LogP contribution in [0, 0.1) is 16.7 Å². The number of hydrogen-bond acceptors (Lipinski definition) is 4. The van der Waals surface area contributed by atoms with Gasteiger partial charge in [-0.25, -0.2) is 0 Å². The van der Waals surface area contributed by atoms with Gasteiger partial charge in [0.15, 0.2) is 0 Å². The van der Waals surface area contributed by atoms with Gasteiger partial charge in [0.2, 0.25) is 0 Å². The maximum Gasteiger partial charge on any atom is 0.291 e. The molecule has 0 aliphatic carbocycles. The van der Waals surface area contributed by atoms with E-state index in [0.717, 1.165) is 6.54 Å². The number of ether oxygens (including phenoxy) is 1. The van der Waals surface area contributed by atoms with Crippen LogP contribution in [0.1, 0.15) is 0 Å². The van der Waals surface area contributed by atoms with Crippen LogP contribution in [0.5, 0.6) is 5.75 Å². The molecular weight excluding hydrogens is 216 g/mol. The van der Waals surface area contributed by atoms with Gasteiger partial charge in [0.05, 0.1) is 6.07 Å². The van der Waals surface area contributed by atoms with Gasteiger partial charge < -0.3 is 15.0 Å². The molecule has 1 unspecified atom stereocenters. The number of hydrogen-bond donors (Lipinski definition) is 2. The first kappa shape index (κ1) is 11.4. The van der Waals surface area contributed by atoms with Crippen molar-refractivity contribution in [1.29, 1.82) is 10.7 Å². The molecule has 1 atom stereocenters. The predicted octanol–water partition coefficient (Wildman–Crippen LogP) is 0.798. The normalized spacial score (nSPS) is 19.5. The molecule has 1 heterocycles. The van der Waals surface area contributed by atoms with E-state index in [1.54, 1.807) is 17.0 Å². The Kier molecular flexibility index (Phi) is 3.58. The van der Waals surface area contributed by atoms with Gasteiger partial charge in [-0.1, -0.05) is 18.2 Å². The smallest absolute Gasteiger partial charge is 0.291 e. The van der Waals surface area contributed by atoms with E-state index in [-0.39, 0.29) is 12.1 Å². The number of nitrogens with one attached hydrogen (secondary N) is 2. The molecule has 1 aliphatic rings. The molecule has 2 N–H and O–H groups in total. The number of amidine groups is 1. The van der Waals surface area contributed by atoms with Crippen molar-refractivity contribution in [3.63, 3.8) is 0 Å². The van der Waals surface area contributed by atoms with Crippen LogP contribution in [0.2, 0.25) is 0 Å². The van der Waals surface area contributed by atoms with Crippen molar-refractivity contribution in [2.24, 2.45) is 0 Å². The molecule has 0 aromatic heterocycles. The molecule has 1 aromatic carbocycles. The zero-order chi connectivity index (χ0) is 12.1. The Morgan fingerprint density at radius 1 is 1.47 bits per heavy atom. The third-order valence-electron chi connectivity index (χ3n) is 2.61. The summed E-state index contributed by atoms with van der Waals surface area (Å²) in [6.45, 7) is 1.94. The van der Waals surface area contributed by atoms with Crippen LogP contribution in [0.3, 0.4) is 0 Å². The van der Waals surface area contributed by atoms with Gasteiger partial charge >= 0.3 is 0 Å². The lowest BCUT2D eigenvalue weighted by Gasteiger charge is -2.32. The monoisotopic (exact) mass is 230 g/mol. The lowest BCUT2D eigenvalue weighted by molar-refractivity contribution is 0.258. The fourth-order valence-corrected chi connectivity index (χ4v) is 1.72. The van der Waals surface area contributed by atoms with Gasteiger partial charge in [-0.2, -0.15) is 5.26 Å². The van der Waals surface area contributed by atoms with Crippen molar-refractivity contribution in [1.82, 2.24) is 10.2 Å². The highest BCUT2D eigenvalue weighted by Crippen LogP contribution is 2.11. The average Bonchev–Trinajstić information content (AvgIpc) is 2.40. The highest BCUT2D eigenvalue weighted by Gasteiger charge is 2.25. The Morgan fingerprint density at radius 3 is 2.94 bits per heavy atom. The van der Waals surface area contributed by atoms with Gasteiger partial charge in [0.1, 0.15) is 11.8 Å². The van der Waals surface area contributed by atoms with E-state index in [1.165, 1.54) is 0 Å². The summed E-state index contributed by atoms with van der Waals surface area (Å²) in [5, 5.41) is 20.0. The van der Waals surface area contributed by atoms with Crippen molar-refractivity contribution in [2.45, 2.75) is 6.04 Å². The number of para-hydroxylation sites is 1. The van der Waals surface area contributed by atoms with E-state index >= 15 is 0 Å². The summed E-state index contributed by atoms with van der Waals surface area (Å²) in [5.74, 6) is 0.618. The first-order valence-electron chi connectivity index (χ1n) is 5.49. The number of piperazine rings is 1. The molecule has 1 aromatic rings. The second-order valence-electron chi connectivity index (χ2n) is 3.76. The molecule has 5 heteroatoms. The summed E-state index contributed by atoms with van der Waals surface area (Å²) in [6.07, 6.45) is 0. The van der Waals surface area contributed by atoms with Crippen LogP contribution in [0.15, 0.2) is 30.3 Å². The minimum Gasteiger partial charge on any atom is -0.426 e. The van der Waals surface area contributed by atoms with Crippen molar-refractivity contribution >= 4 is 6.02 Å². The highest BCUT2D eigenvalue weighted by atomic mass is 16.5. The average molecular weight is 230 g/mol. The molecule has 1 saturated heterocycles. The van der Waals surface area contributed by atoms with Gasteiger partial charge in [0, 0.05) is 19.6 Å². The Bertz CT molecular complexity index is 426. The quantitative estimate of drug-likeness (QED) is 0.553. The molecule has 5 nitrogen and oxygen atoms in total. The Labute approximate surface area is 100 Å². The zero-order valence-corrected chi connectivity index (χ0v) is 9.39. The van der Waals surface area contributed by atoms with E-state index in [0.29, 0.717) is 18.8 Å². The first-order valence-corrected chi connectivity index (χ1v) is 5.49. The van der Waals surface area contributed by atoms with E-state index in [1.807, 2.05) is 18.2 Å². The van der Waals surface area contributed by atoms with E-state index in [4.69, 9.17) is 15.4 Å². The van der Waals surface area contributed by atoms with Crippen LogP contribution in [-0.2, 0) is 0 Å². The summed E-state index contributed by atoms with van der Waals surface area (Å²) in [6, 6.07) is 11.0. The Hall–Kier alpha value is -2.06. The molecule has 1 aliphatic heterocycles. The SMILES string of the molecule is N#CC1CNCCN1C(=N)Oc1ccccc1. The summed E-state index contributed by atoms with van der Waals surface area (Å²) >= 11 is 0. The lowest BCUT2D eigenvalue weighted by atomic mass is 10.2. The fraction of sp³-hybridized carbons (Fsp3) is 0.333. The van der Waals surface area contributed by atoms with Gasteiger partial charge in [0.25, 0.3) is 6.02 Å². The van der Waals surface area contributed by atoms with Crippen molar-refractivity contribution in [2.75, 3.05) is 19.6 Å². The largest absolute Gasteiger partial charge is 0.426 e. The molecule has 0 saturated carbocycles. The van der Waals surface area contributed by atoms with E-state index in [2.05, 4.69) is 11.4 Å². The summed E-state index contributed by atoms with van der Waals surface area (Å²) in [5.41, 5.74) is 0. The van der Waals surface area contributed by atoms with Gasteiger partial charge in [-0.15, -0.1) is 0 Å². The van der Waals surface area contributed by atoms with Crippen LogP contribution in [0.25, 0.3) is 0 Å². The second-order valence-corrected chi connectivity index (χ2v) is 3.76. The summed E-state index contributed by atoms with van der Waals surface area (Å²) in [4.78, 5) is 1.67. The van der Waals surface area contributed by atoms with Gasteiger partial charge in [-0.05, 0) is 12.1 Å². The third-order valence-corrected chi connectivity index (χ3v) is 2.61. The Morgan fingerprint density at radius 2 is 2.24 bits per heavy atom. The highest BCUT2D eigenvalue weighted by molar-refractivity contribution is 5.74. The molecule has 88 valence electrons. The number of benzene rings is 1. The second kappa shape index (κ2) is 5.32. The third kappa shape index (κ3) is 2.74. The minimum absolute atomic E-state index is 0.0317. The summed E-state index contributed by atoms with van der Waals surface area (Å²) < 4.78 is 5.42. The lowest BCUT2D eigenvalue weighted by Crippen LogP contribution is -2.54. The number of nitrogens with zero attached hydrogens (tertiary/aromatic N) is 2. The molecule has 0 bridgehead atoms. The van der Waals surface area contributed by atoms with Crippen LogP contribution < -0.4 is 10.1 Å². The summed E-state index contributed by atoms with van der Waals surface area (Å²) in [7, 11) is 0. The molecule has 0 spiro atoms. The molecule has 1 fully saturated rings. The topological polar surface area (TPSA) is 72.1 Å². The number of rotatable bonds is 1. The van der Waals surface area contributed by atoms with Crippen molar-refractivity contribution in [3.8, 4) is 11.8 Å². The maximum absolute atomic E-state index is 8.99. The standard InChI is InChI=1S/C12H14N4O/c13-8-10-9-15-6-7-16(10)12(14)17-11-4-2-1-3-5-11/h1-5,10,14-15H,6-7,9H2. The minimum atomic E-state index is -0.333. The van der Waals surface area contributed by atoms with E-state index in [9.17, 15) is 0 Å². The molecule has 0 radical (unpaired) electrons. The van der Waals surface area contributed by atoms with Crippen molar-refractivity contribution in [3.05, 3.63) is 30.3 Å². The van der Waals surface area contributed by atoms with Crippen molar-refractivity contribution < 1.29 is 4.74 Å². The fourth-order valence-electron chi connectivity index (χ4n) is 1.72. The van der Waals surface area contributed by atoms with Crippen LogP contribution in [-0.4, -0.2) is 36.6 Å². The molecule has 0 amide bonds. The Balaban J connectivity index is 2.02. The predicted molar refractivity (Wildman–Crippen MR) is 63.8 cm³/mol. The number of nitriles is 1.